The third-order valence-corrected chi connectivity index (χ3v) is 2.69. The second-order valence-electron chi connectivity index (χ2n) is 4.22. The van der Waals surface area contributed by atoms with Gasteiger partial charge in [0.25, 0.3) is 0 Å². The van der Waals surface area contributed by atoms with E-state index in [1.165, 1.54) is 18.5 Å². The molecule has 104 valence electrons. The van der Waals surface area contributed by atoms with Gasteiger partial charge in [-0.25, -0.2) is 0 Å². The largest absolute Gasteiger partial charge is 0.481 e. The minimum absolute atomic E-state index is 0.110. The van der Waals surface area contributed by atoms with Gasteiger partial charge in [-0.15, -0.1) is 0 Å². The molecule has 0 spiro atoms. The first-order valence-corrected chi connectivity index (χ1v) is 5.69. The highest BCUT2D eigenvalue weighted by atomic mass is 19.4. The first kappa shape index (κ1) is 14.0. The van der Waals surface area contributed by atoms with E-state index in [2.05, 4.69) is 4.98 Å². The number of hydrogen-bond donors (Lipinski definition) is 1. The molecule has 20 heavy (non-hydrogen) atoms. The van der Waals surface area contributed by atoms with E-state index in [-0.39, 0.29) is 5.56 Å². The maximum atomic E-state index is 12.8. The zero-order valence-electron chi connectivity index (χ0n) is 10.2. The second-order valence-corrected chi connectivity index (χ2v) is 4.22. The van der Waals surface area contributed by atoms with E-state index in [1.54, 1.807) is 12.1 Å². The van der Waals surface area contributed by atoms with Crippen LogP contribution in [0.1, 0.15) is 11.1 Å². The molecule has 0 unspecified atom stereocenters. The summed E-state index contributed by atoms with van der Waals surface area (Å²) >= 11 is 0. The van der Waals surface area contributed by atoms with Gasteiger partial charge in [0.05, 0.1) is 12.0 Å². The Bertz CT molecular complexity index is 624. The highest BCUT2D eigenvalue weighted by molar-refractivity contribution is 5.72. The number of benzene rings is 1. The molecule has 0 amide bonds. The molecule has 0 saturated heterocycles. The van der Waals surface area contributed by atoms with Crippen LogP contribution in [-0.2, 0) is 17.4 Å². The van der Waals surface area contributed by atoms with Crippen LogP contribution in [0.2, 0.25) is 0 Å². The van der Waals surface area contributed by atoms with Crippen LogP contribution in [0, 0.1) is 0 Å². The number of alkyl halides is 3. The van der Waals surface area contributed by atoms with Crippen molar-refractivity contribution >= 4 is 5.97 Å². The van der Waals surface area contributed by atoms with Crippen molar-refractivity contribution in [2.45, 2.75) is 12.6 Å². The lowest BCUT2D eigenvalue weighted by Crippen LogP contribution is -2.08. The van der Waals surface area contributed by atoms with Gasteiger partial charge >= 0.3 is 12.1 Å². The van der Waals surface area contributed by atoms with Crippen molar-refractivity contribution in [3.05, 3.63) is 53.9 Å². The third-order valence-electron chi connectivity index (χ3n) is 2.69. The summed E-state index contributed by atoms with van der Waals surface area (Å²) < 4.78 is 38.5. The molecule has 1 aromatic carbocycles. The lowest BCUT2D eigenvalue weighted by atomic mass is 9.99. The Balaban J connectivity index is 2.54. The summed E-state index contributed by atoms with van der Waals surface area (Å²) in [5.41, 5.74) is 0.124. The molecule has 6 heteroatoms. The highest BCUT2D eigenvalue weighted by Crippen LogP contribution is 2.33. The quantitative estimate of drug-likeness (QED) is 0.938. The van der Waals surface area contributed by atoms with Crippen LogP contribution in [0.5, 0.6) is 0 Å². The second kappa shape index (κ2) is 5.32. The standard InChI is InChI=1S/C14H10F3NO2/c15-14(16,17)12-6-9(7-13(19)20)5-11(8-12)10-1-3-18-4-2-10/h1-6,8H,7H2,(H,19,20). The van der Waals surface area contributed by atoms with E-state index >= 15 is 0 Å². The fourth-order valence-electron chi connectivity index (χ4n) is 1.84. The van der Waals surface area contributed by atoms with Crippen LogP contribution in [0.3, 0.4) is 0 Å². The van der Waals surface area contributed by atoms with Crippen molar-refractivity contribution in [1.29, 1.82) is 0 Å². The Morgan fingerprint density at radius 3 is 2.30 bits per heavy atom. The summed E-state index contributed by atoms with van der Waals surface area (Å²) in [5, 5.41) is 8.73. The summed E-state index contributed by atoms with van der Waals surface area (Å²) in [6, 6.07) is 6.44. The summed E-state index contributed by atoms with van der Waals surface area (Å²) in [7, 11) is 0. The molecule has 2 rings (SSSR count). The van der Waals surface area contributed by atoms with Gasteiger partial charge in [-0.05, 0) is 41.0 Å². The minimum Gasteiger partial charge on any atom is -0.481 e. The topological polar surface area (TPSA) is 50.2 Å². The minimum atomic E-state index is -4.52. The molecule has 0 aliphatic carbocycles. The molecule has 0 aliphatic rings. The molecule has 0 fully saturated rings. The van der Waals surface area contributed by atoms with Crippen molar-refractivity contribution in [3.8, 4) is 11.1 Å². The number of carboxylic acids is 1. The van der Waals surface area contributed by atoms with Gasteiger partial charge < -0.3 is 5.11 Å². The average Bonchev–Trinajstić information content (AvgIpc) is 2.37. The van der Waals surface area contributed by atoms with Crippen molar-refractivity contribution in [2.24, 2.45) is 0 Å². The average molecular weight is 281 g/mol. The van der Waals surface area contributed by atoms with Crippen molar-refractivity contribution in [3.63, 3.8) is 0 Å². The summed E-state index contributed by atoms with van der Waals surface area (Å²) in [6.07, 6.45) is -2.04. The molecule has 1 heterocycles. The molecule has 1 N–H and O–H groups in total. The molecule has 2 aromatic rings. The van der Waals surface area contributed by atoms with E-state index in [0.29, 0.717) is 11.1 Å². The number of carbonyl (C=O) groups is 1. The zero-order valence-corrected chi connectivity index (χ0v) is 10.2. The maximum Gasteiger partial charge on any atom is 0.416 e. The Labute approximate surface area is 112 Å². The van der Waals surface area contributed by atoms with Crippen molar-refractivity contribution < 1.29 is 23.1 Å². The van der Waals surface area contributed by atoms with E-state index < -0.39 is 24.1 Å². The Morgan fingerprint density at radius 1 is 1.10 bits per heavy atom. The molecular weight excluding hydrogens is 271 g/mol. The molecule has 3 nitrogen and oxygen atoms in total. The van der Waals surface area contributed by atoms with Crippen LogP contribution < -0.4 is 0 Å². The van der Waals surface area contributed by atoms with Gasteiger partial charge in [0.15, 0.2) is 0 Å². The predicted octanol–water partition coefficient (Wildman–Crippen LogP) is 3.39. The number of aliphatic carboxylic acids is 1. The van der Waals surface area contributed by atoms with Crippen LogP contribution in [0.4, 0.5) is 13.2 Å². The molecule has 0 atom stereocenters. The molecule has 1 aromatic heterocycles. The van der Waals surface area contributed by atoms with E-state index in [1.807, 2.05) is 0 Å². The SMILES string of the molecule is O=C(O)Cc1cc(-c2ccncc2)cc(C(F)(F)F)c1. The monoisotopic (exact) mass is 281 g/mol. The van der Waals surface area contributed by atoms with Gasteiger partial charge in [0.1, 0.15) is 0 Å². The summed E-state index contributed by atoms with van der Waals surface area (Å²) in [5.74, 6) is -1.18. The van der Waals surface area contributed by atoms with Crippen LogP contribution in [0.25, 0.3) is 11.1 Å². The fourth-order valence-corrected chi connectivity index (χ4v) is 1.84. The normalized spacial score (nSPS) is 11.3. The molecular formula is C14H10F3NO2. The number of aromatic nitrogens is 1. The van der Waals surface area contributed by atoms with Gasteiger partial charge in [0.2, 0.25) is 0 Å². The zero-order chi connectivity index (χ0) is 14.8. The smallest absolute Gasteiger partial charge is 0.416 e. The van der Waals surface area contributed by atoms with Crippen molar-refractivity contribution in [1.82, 2.24) is 4.98 Å². The lowest BCUT2D eigenvalue weighted by molar-refractivity contribution is -0.138. The highest BCUT2D eigenvalue weighted by Gasteiger charge is 2.31. The van der Waals surface area contributed by atoms with Gasteiger partial charge in [-0.2, -0.15) is 13.2 Å². The Kier molecular flexibility index (Phi) is 3.74. The number of halogens is 3. The summed E-state index contributed by atoms with van der Waals surface area (Å²) in [4.78, 5) is 14.5. The van der Waals surface area contributed by atoms with Crippen LogP contribution in [-0.4, -0.2) is 16.1 Å². The van der Waals surface area contributed by atoms with E-state index in [0.717, 1.165) is 12.1 Å². The molecule has 0 bridgehead atoms. The third kappa shape index (κ3) is 3.34. The van der Waals surface area contributed by atoms with E-state index in [9.17, 15) is 18.0 Å². The lowest BCUT2D eigenvalue weighted by Gasteiger charge is -2.11. The number of hydrogen-bond acceptors (Lipinski definition) is 2. The maximum absolute atomic E-state index is 12.8. The number of carboxylic acid groups (broad SMARTS) is 1. The fraction of sp³-hybridized carbons (Fsp3) is 0.143. The number of rotatable bonds is 3. The molecule has 0 saturated carbocycles. The number of nitrogens with zero attached hydrogens (tertiary/aromatic N) is 1. The van der Waals surface area contributed by atoms with Crippen molar-refractivity contribution in [2.75, 3.05) is 0 Å². The Hall–Kier alpha value is -2.37. The van der Waals surface area contributed by atoms with Gasteiger partial charge in [-0.3, -0.25) is 9.78 Å². The van der Waals surface area contributed by atoms with Gasteiger partial charge in [-0.1, -0.05) is 6.07 Å². The number of pyridine rings is 1. The molecule has 0 aliphatic heterocycles. The van der Waals surface area contributed by atoms with Crippen LogP contribution >= 0.6 is 0 Å². The van der Waals surface area contributed by atoms with E-state index in [4.69, 9.17) is 5.11 Å². The van der Waals surface area contributed by atoms with Crippen LogP contribution in [0.15, 0.2) is 42.7 Å². The summed E-state index contributed by atoms with van der Waals surface area (Å²) in [6.45, 7) is 0. The Morgan fingerprint density at radius 2 is 1.75 bits per heavy atom. The predicted molar refractivity (Wildman–Crippen MR) is 66.0 cm³/mol. The first-order chi connectivity index (χ1) is 9.36. The van der Waals surface area contributed by atoms with Gasteiger partial charge in [0, 0.05) is 12.4 Å². The first-order valence-electron chi connectivity index (χ1n) is 5.69. The molecule has 0 radical (unpaired) electrons.